The minimum atomic E-state index is 0.530. The molecule has 4 nitrogen and oxygen atoms in total. The van der Waals surface area contributed by atoms with Crippen molar-refractivity contribution < 1.29 is 0 Å². The third-order valence-corrected chi connectivity index (χ3v) is 3.35. The molecule has 0 amide bonds. The van der Waals surface area contributed by atoms with Crippen LogP contribution >= 0.6 is 22.9 Å². The van der Waals surface area contributed by atoms with Gasteiger partial charge in [-0.15, -0.1) is 11.3 Å². The standard InChI is InChI=1S/C10H11ClN4S/c1-6-9(16-5-15-6)4-14-10-8(11)2-7(12)3-13-10/h2-3,5H,4,12H2,1H3,(H,13,14). The molecule has 0 fully saturated rings. The van der Waals surface area contributed by atoms with E-state index in [1.54, 1.807) is 23.6 Å². The Hall–Kier alpha value is -1.33. The number of aromatic nitrogens is 2. The molecule has 0 radical (unpaired) electrons. The van der Waals surface area contributed by atoms with Crippen molar-refractivity contribution in [3.05, 3.63) is 33.4 Å². The van der Waals surface area contributed by atoms with Gasteiger partial charge in [0.2, 0.25) is 0 Å². The number of rotatable bonds is 3. The van der Waals surface area contributed by atoms with Gasteiger partial charge in [0.15, 0.2) is 0 Å². The number of hydrogen-bond donors (Lipinski definition) is 2. The molecule has 6 heteroatoms. The van der Waals surface area contributed by atoms with Crippen molar-refractivity contribution in [3.63, 3.8) is 0 Å². The van der Waals surface area contributed by atoms with E-state index < -0.39 is 0 Å². The summed E-state index contributed by atoms with van der Waals surface area (Å²) in [5, 5.41) is 3.68. The van der Waals surface area contributed by atoms with Gasteiger partial charge < -0.3 is 11.1 Å². The van der Waals surface area contributed by atoms with Crippen LogP contribution in [-0.2, 0) is 6.54 Å². The molecule has 0 spiro atoms. The molecule has 0 aromatic carbocycles. The van der Waals surface area contributed by atoms with E-state index in [2.05, 4.69) is 15.3 Å². The van der Waals surface area contributed by atoms with Gasteiger partial charge in [-0.3, -0.25) is 0 Å². The molecule has 84 valence electrons. The predicted octanol–water partition coefficient (Wildman–Crippen LogP) is 2.69. The first-order valence-corrected chi connectivity index (χ1v) is 5.96. The molecular weight excluding hydrogens is 244 g/mol. The maximum atomic E-state index is 5.99. The van der Waals surface area contributed by atoms with E-state index in [4.69, 9.17) is 17.3 Å². The van der Waals surface area contributed by atoms with Crippen molar-refractivity contribution in [1.82, 2.24) is 9.97 Å². The highest BCUT2D eigenvalue weighted by Gasteiger charge is 2.04. The van der Waals surface area contributed by atoms with E-state index >= 15 is 0 Å². The number of thiazole rings is 1. The van der Waals surface area contributed by atoms with Crippen LogP contribution in [0.15, 0.2) is 17.8 Å². The number of anilines is 2. The molecule has 0 atom stereocenters. The van der Waals surface area contributed by atoms with Gasteiger partial charge in [0.1, 0.15) is 5.82 Å². The van der Waals surface area contributed by atoms with Crippen LogP contribution in [0.4, 0.5) is 11.5 Å². The Morgan fingerprint density at radius 1 is 1.50 bits per heavy atom. The normalized spacial score (nSPS) is 10.4. The molecule has 2 aromatic rings. The Kier molecular flexibility index (Phi) is 3.26. The van der Waals surface area contributed by atoms with Gasteiger partial charge in [0.25, 0.3) is 0 Å². The van der Waals surface area contributed by atoms with Crippen LogP contribution in [0.5, 0.6) is 0 Å². The zero-order valence-electron chi connectivity index (χ0n) is 8.70. The molecular formula is C10H11ClN4S. The highest BCUT2D eigenvalue weighted by molar-refractivity contribution is 7.09. The Morgan fingerprint density at radius 2 is 2.31 bits per heavy atom. The zero-order chi connectivity index (χ0) is 11.5. The van der Waals surface area contributed by atoms with Gasteiger partial charge in [0.05, 0.1) is 34.7 Å². The number of hydrogen-bond acceptors (Lipinski definition) is 5. The van der Waals surface area contributed by atoms with Gasteiger partial charge in [-0.05, 0) is 13.0 Å². The summed E-state index contributed by atoms with van der Waals surface area (Å²) in [6.07, 6.45) is 1.58. The van der Waals surface area contributed by atoms with E-state index in [9.17, 15) is 0 Å². The van der Waals surface area contributed by atoms with Crippen LogP contribution in [0.2, 0.25) is 5.02 Å². The zero-order valence-corrected chi connectivity index (χ0v) is 10.3. The molecule has 2 aromatic heterocycles. The highest BCUT2D eigenvalue weighted by atomic mass is 35.5. The van der Waals surface area contributed by atoms with E-state index in [1.807, 2.05) is 12.4 Å². The van der Waals surface area contributed by atoms with Crippen LogP contribution in [-0.4, -0.2) is 9.97 Å². The number of nitrogens with zero attached hydrogens (tertiary/aromatic N) is 2. The third kappa shape index (κ3) is 2.43. The van der Waals surface area contributed by atoms with Gasteiger partial charge in [-0.25, -0.2) is 9.97 Å². The molecule has 16 heavy (non-hydrogen) atoms. The van der Waals surface area contributed by atoms with Crippen molar-refractivity contribution in [1.29, 1.82) is 0 Å². The highest BCUT2D eigenvalue weighted by Crippen LogP contribution is 2.22. The maximum Gasteiger partial charge on any atom is 0.145 e. The molecule has 0 saturated carbocycles. The van der Waals surface area contributed by atoms with Crippen LogP contribution in [0.3, 0.4) is 0 Å². The van der Waals surface area contributed by atoms with Crippen molar-refractivity contribution in [2.75, 3.05) is 11.1 Å². The van der Waals surface area contributed by atoms with E-state index in [1.165, 1.54) is 4.88 Å². The molecule has 3 N–H and O–H groups in total. The lowest BCUT2D eigenvalue weighted by molar-refractivity contribution is 1.10. The predicted molar refractivity (Wildman–Crippen MR) is 67.8 cm³/mol. The summed E-state index contributed by atoms with van der Waals surface area (Å²) in [6.45, 7) is 2.65. The third-order valence-electron chi connectivity index (χ3n) is 2.12. The lowest BCUT2D eigenvalue weighted by atomic mass is 10.3. The minimum Gasteiger partial charge on any atom is -0.397 e. The van der Waals surface area contributed by atoms with E-state index in [-0.39, 0.29) is 0 Å². The summed E-state index contributed by atoms with van der Waals surface area (Å²) < 4.78 is 0. The number of pyridine rings is 1. The van der Waals surface area contributed by atoms with Gasteiger partial charge in [-0.2, -0.15) is 0 Å². The number of aryl methyl sites for hydroxylation is 1. The number of halogens is 1. The second-order valence-corrected chi connectivity index (χ2v) is 4.66. The van der Waals surface area contributed by atoms with Crippen molar-refractivity contribution in [2.45, 2.75) is 13.5 Å². The number of nitrogens with one attached hydrogen (secondary N) is 1. The van der Waals surface area contributed by atoms with Gasteiger partial charge in [0, 0.05) is 4.88 Å². The minimum absolute atomic E-state index is 0.530. The monoisotopic (exact) mass is 254 g/mol. The Morgan fingerprint density at radius 3 is 2.94 bits per heavy atom. The fourth-order valence-corrected chi connectivity index (χ4v) is 2.20. The Bertz CT molecular complexity index is 497. The molecule has 0 aliphatic carbocycles. The van der Waals surface area contributed by atoms with E-state index in [0.717, 1.165) is 5.69 Å². The molecule has 0 bridgehead atoms. The average molecular weight is 255 g/mol. The van der Waals surface area contributed by atoms with Gasteiger partial charge >= 0.3 is 0 Å². The summed E-state index contributed by atoms with van der Waals surface area (Å²) in [6, 6.07) is 1.68. The van der Waals surface area contributed by atoms with E-state index in [0.29, 0.717) is 23.1 Å². The van der Waals surface area contributed by atoms with Crippen molar-refractivity contribution in [2.24, 2.45) is 0 Å². The SMILES string of the molecule is Cc1ncsc1CNc1ncc(N)cc1Cl. The fourth-order valence-electron chi connectivity index (χ4n) is 1.24. The summed E-state index contributed by atoms with van der Waals surface area (Å²) in [7, 11) is 0. The molecule has 2 rings (SSSR count). The second kappa shape index (κ2) is 4.67. The van der Waals surface area contributed by atoms with Crippen LogP contribution in [0.1, 0.15) is 10.6 Å². The summed E-state index contributed by atoms with van der Waals surface area (Å²) in [5.41, 5.74) is 8.97. The summed E-state index contributed by atoms with van der Waals surface area (Å²) in [4.78, 5) is 9.47. The maximum absolute atomic E-state index is 5.99. The van der Waals surface area contributed by atoms with Crippen LogP contribution < -0.4 is 11.1 Å². The topological polar surface area (TPSA) is 63.8 Å². The molecule has 2 heterocycles. The Labute approximate surface area is 102 Å². The van der Waals surface area contributed by atoms with Gasteiger partial charge in [-0.1, -0.05) is 11.6 Å². The quantitative estimate of drug-likeness (QED) is 0.884. The molecule has 0 aliphatic rings. The lowest BCUT2D eigenvalue weighted by Crippen LogP contribution is -2.02. The molecule has 0 unspecified atom stereocenters. The molecule has 0 aliphatic heterocycles. The largest absolute Gasteiger partial charge is 0.397 e. The Balaban J connectivity index is 2.08. The first kappa shape index (κ1) is 11.2. The molecule has 0 saturated heterocycles. The lowest BCUT2D eigenvalue weighted by Gasteiger charge is -2.06. The summed E-state index contributed by atoms with van der Waals surface area (Å²) in [5.74, 6) is 0.642. The first-order valence-electron chi connectivity index (χ1n) is 4.70. The fraction of sp³-hybridized carbons (Fsp3) is 0.200. The van der Waals surface area contributed by atoms with Crippen molar-refractivity contribution >= 4 is 34.4 Å². The number of nitrogen functional groups attached to an aromatic ring is 1. The van der Waals surface area contributed by atoms with Crippen molar-refractivity contribution in [3.8, 4) is 0 Å². The van der Waals surface area contributed by atoms with Crippen LogP contribution in [0.25, 0.3) is 0 Å². The summed E-state index contributed by atoms with van der Waals surface area (Å²) >= 11 is 7.60. The first-order chi connectivity index (χ1) is 7.66. The second-order valence-electron chi connectivity index (χ2n) is 3.31. The van der Waals surface area contributed by atoms with Crippen LogP contribution in [0, 0.1) is 6.92 Å². The number of nitrogens with two attached hydrogens (primary N) is 1. The smallest absolute Gasteiger partial charge is 0.145 e. The average Bonchev–Trinajstić information content (AvgIpc) is 2.63.